The maximum absolute atomic E-state index is 6.14. The molecule has 18 heavy (non-hydrogen) atoms. The number of nitrogen functional groups attached to an aromatic ring is 1. The van der Waals surface area contributed by atoms with Gasteiger partial charge in [-0.25, -0.2) is 4.98 Å². The van der Waals surface area contributed by atoms with Crippen LogP contribution in [0.25, 0.3) is 16.9 Å². The molecule has 2 aromatic heterocycles. The van der Waals surface area contributed by atoms with Crippen molar-refractivity contribution in [2.45, 2.75) is 6.92 Å². The fraction of sp³-hybridized carbons (Fsp3) is 0.0714. The largest absolute Gasteiger partial charge is 0.383 e. The molecule has 3 nitrogen and oxygen atoms in total. The van der Waals surface area contributed by atoms with Crippen LogP contribution in [0.2, 0.25) is 5.02 Å². The number of rotatable bonds is 1. The highest BCUT2D eigenvalue weighted by Gasteiger charge is 2.11. The van der Waals surface area contributed by atoms with Crippen LogP contribution in [0.3, 0.4) is 0 Å². The second kappa shape index (κ2) is 4.03. The van der Waals surface area contributed by atoms with Gasteiger partial charge in [-0.15, -0.1) is 0 Å². The first-order chi connectivity index (χ1) is 8.66. The zero-order valence-electron chi connectivity index (χ0n) is 9.89. The van der Waals surface area contributed by atoms with Crippen molar-refractivity contribution in [3.63, 3.8) is 0 Å². The Labute approximate surface area is 110 Å². The van der Waals surface area contributed by atoms with Crippen LogP contribution in [0.5, 0.6) is 0 Å². The third kappa shape index (κ3) is 1.64. The fourth-order valence-corrected chi connectivity index (χ4v) is 2.15. The molecular formula is C14H12ClN3. The highest BCUT2D eigenvalue weighted by Crippen LogP contribution is 2.29. The Hall–Kier alpha value is -2.00. The number of imidazole rings is 1. The maximum Gasteiger partial charge on any atom is 0.139 e. The number of nitrogens with zero attached hydrogens (tertiary/aromatic N) is 2. The van der Waals surface area contributed by atoms with E-state index in [2.05, 4.69) is 4.98 Å². The normalized spacial score (nSPS) is 11.0. The van der Waals surface area contributed by atoms with Gasteiger partial charge < -0.3 is 5.73 Å². The molecule has 0 aliphatic heterocycles. The van der Waals surface area contributed by atoms with Gasteiger partial charge in [0.25, 0.3) is 0 Å². The zero-order valence-corrected chi connectivity index (χ0v) is 10.6. The summed E-state index contributed by atoms with van der Waals surface area (Å²) in [5.41, 5.74) is 9.70. The third-order valence-electron chi connectivity index (χ3n) is 3.01. The van der Waals surface area contributed by atoms with E-state index in [-0.39, 0.29) is 0 Å². The first-order valence-electron chi connectivity index (χ1n) is 5.66. The molecule has 0 saturated heterocycles. The van der Waals surface area contributed by atoms with Crippen molar-refractivity contribution in [2.75, 3.05) is 5.73 Å². The van der Waals surface area contributed by atoms with Gasteiger partial charge in [-0.1, -0.05) is 29.8 Å². The number of halogens is 1. The van der Waals surface area contributed by atoms with Crippen LogP contribution in [0.15, 0.2) is 42.6 Å². The lowest BCUT2D eigenvalue weighted by Gasteiger charge is -2.02. The van der Waals surface area contributed by atoms with Crippen molar-refractivity contribution in [2.24, 2.45) is 0 Å². The molecule has 0 radical (unpaired) electrons. The second-order valence-electron chi connectivity index (χ2n) is 4.24. The molecule has 0 atom stereocenters. The Morgan fingerprint density at radius 3 is 2.78 bits per heavy atom. The summed E-state index contributed by atoms with van der Waals surface area (Å²) in [5, 5.41) is 0.726. The van der Waals surface area contributed by atoms with Crippen LogP contribution in [0, 0.1) is 6.92 Å². The molecule has 0 aliphatic rings. The van der Waals surface area contributed by atoms with Gasteiger partial charge in [0.1, 0.15) is 17.2 Å². The number of hydrogen-bond acceptors (Lipinski definition) is 2. The molecule has 0 amide bonds. The van der Waals surface area contributed by atoms with E-state index >= 15 is 0 Å². The molecule has 90 valence electrons. The Morgan fingerprint density at radius 1 is 1.22 bits per heavy atom. The molecule has 0 spiro atoms. The summed E-state index contributed by atoms with van der Waals surface area (Å²) < 4.78 is 1.86. The van der Waals surface area contributed by atoms with Gasteiger partial charge in [-0.2, -0.15) is 0 Å². The molecule has 0 unspecified atom stereocenters. The Kier molecular flexibility index (Phi) is 2.49. The predicted molar refractivity (Wildman–Crippen MR) is 74.8 cm³/mol. The minimum Gasteiger partial charge on any atom is -0.383 e. The van der Waals surface area contributed by atoms with Gasteiger partial charge in [0, 0.05) is 16.8 Å². The van der Waals surface area contributed by atoms with Gasteiger partial charge in [-0.05, 0) is 30.7 Å². The molecule has 1 aromatic carbocycles. The summed E-state index contributed by atoms with van der Waals surface area (Å²) in [6.07, 6.45) is 1.90. The summed E-state index contributed by atoms with van der Waals surface area (Å²) in [7, 11) is 0. The van der Waals surface area contributed by atoms with Crippen molar-refractivity contribution in [3.8, 4) is 11.3 Å². The summed E-state index contributed by atoms with van der Waals surface area (Å²) >= 11 is 6.14. The van der Waals surface area contributed by atoms with Crippen molar-refractivity contribution >= 4 is 23.1 Å². The molecule has 2 heterocycles. The second-order valence-corrected chi connectivity index (χ2v) is 4.65. The Morgan fingerprint density at radius 2 is 2.06 bits per heavy atom. The summed E-state index contributed by atoms with van der Waals surface area (Å²) in [6, 6.07) is 11.6. The number of hydrogen-bond donors (Lipinski definition) is 1. The van der Waals surface area contributed by atoms with Crippen molar-refractivity contribution in [3.05, 3.63) is 53.2 Å². The number of fused-ring (bicyclic) bond motifs is 1. The molecule has 0 fully saturated rings. The average molecular weight is 258 g/mol. The highest BCUT2D eigenvalue weighted by molar-refractivity contribution is 6.31. The first kappa shape index (κ1) is 11.1. The number of aromatic nitrogens is 2. The van der Waals surface area contributed by atoms with Crippen LogP contribution < -0.4 is 5.73 Å². The van der Waals surface area contributed by atoms with Crippen molar-refractivity contribution in [1.29, 1.82) is 0 Å². The minimum absolute atomic E-state index is 0.630. The van der Waals surface area contributed by atoms with Gasteiger partial charge in [0.05, 0.1) is 0 Å². The topological polar surface area (TPSA) is 43.3 Å². The van der Waals surface area contributed by atoms with E-state index in [0.717, 1.165) is 27.5 Å². The number of anilines is 1. The van der Waals surface area contributed by atoms with E-state index in [1.54, 1.807) is 0 Å². The number of pyridine rings is 1. The van der Waals surface area contributed by atoms with Crippen LogP contribution in [-0.2, 0) is 0 Å². The number of aryl methyl sites for hydroxylation is 1. The molecule has 0 bridgehead atoms. The van der Waals surface area contributed by atoms with Crippen molar-refractivity contribution < 1.29 is 0 Å². The van der Waals surface area contributed by atoms with Gasteiger partial charge in [0.15, 0.2) is 0 Å². The molecule has 0 aliphatic carbocycles. The van der Waals surface area contributed by atoms with Crippen molar-refractivity contribution in [1.82, 2.24) is 9.38 Å². The average Bonchev–Trinajstić information content (AvgIpc) is 2.71. The molecule has 3 aromatic rings. The summed E-state index contributed by atoms with van der Waals surface area (Å²) in [6.45, 7) is 1.97. The van der Waals surface area contributed by atoms with Gasteiger partial charge >= 0.3 is 0 Å². The van der Waals surface area contributed by atoms with Crippen LogP contribution in [0.4, 0.5) is 5.82 Å². The lowest BCUT2D eigenvalue weighted by Crippen LogP contribution is -1.93. The first-order valence-corrected chi connectivity index (χ1v) is 6.03. The molecule has 2 N–H and O–H groups in total. The zero-order chi connectivity index (χ0) is 12.7. The molecule has 3 rings (SSSR count). The standard InChI is InChI=1S/C14H12ClN3/c1-9-5-6-10(8-11(9)15)13-14(16)18-7-3-2-4-12(18)17-13/h2-8H,16H2,1H3. The molecule has 0 saturated carbocycles. The van der Waals surface area contributed by atoms with E-state index in [4.69, 9.17) is 17.3 Å². The van der Waals surface area contributed by atoms with E-state index in [1.165, 1.54) is 0 Å². The smallest absolute Gasteiger partial charge is 0.139 e. The van der Waals surface area contributed by atoms with Gasteiger partial charge in [-0.3, -0.25) is 4.40 Å². The quantitative estimate of drug-likeness (QED) is 0.725. The van der Waals surface area contributed by atoms with Crippen LogP contribution in [0.1, 0.15) is 5.56 Å². The number of nitrogens with two attached hydrogens (primary N) is 1. The van der Waals surface area contributed by atoms with E-state index < -0.39 is 0 Å². The van der Waals surface area contributed by atoms with Gasteiger partial charge in [0.2, 0.25) is 0 Å². The number of benzene rings is 1. The SMILES string of the molecule is Cc1ccc(-c2nc3ccccn3c2N)cc1Cl. The summed E-state index contributed by atoms with van der Waals surface area (Å²) in [4.78, 5) is 4.53. The lowest BCUT2D eigenvalue weighted by molar-refractivity contribution is 1.20. The monoisotopic (exact) mass is 257 g/mol. The van der Waals surface area contributed by atoms with E-state index in [9.17, 15) is 0 Å². The summed E-state index contributed by atoms with van der Waals surface area (Å²) in [5.74, 6) is 0.630. The van der Waals surface area contributed by atoms with E-state index in [0.29, 0.717) is 5.82 Å². The molecule has 4 heteroatoms. The van der Waals surface area contributed by atoms with Crippen LogP contribution >= 0.6 is 11.6 Å². The Balaban J connectivity index is 2.25. The maximum atomic E-state index is 6.14. The Bertz CT molecular complexity index is 731. The lowest BCUT2D eigenvalue weighted by atomic mass is 10.1. The predicted octanol–water partition coefficient (Wildman–Crippen LogP) is 3.55. The molecular weight excluding hydrogens is 246 g/mol. The highest BCUT2D eigenvalue weighted by atomic mass is 35.5. The fourth-order valence-electron chi connectivity index (χ4n) is 1.97. The third-order valence-corrected chi connectivity index (χ3v) is 3.42. The van der Waals surface area contributed by atoms with Crippen LogP contribution in [-0.4, -0.2) is 9.38 Å². The minimum atomic E-state index is 0.630. The van der Waals surface area contributed by atoms with E-state index in [1.807, 2.05) is 53.9 Å².